The van der Waals surface area contributed by atoms with Crippen molar-refractivity contribution in [2.45, 2.75) is 39.3 Å². The lowest BCUT2D eigenvalue weighted by atomic mass is 10.3. The molecule has 0 amide bonds. The highest BCUT2D eigenvalue weighted by Crippen LogP contribution is 1.92. The quantitative estimate of drug-likeness (QED) is 0.467. The van der Waals surface area contributed by atoms with Crippen molar-refractivity contribution in [3.8, 4) is 0 Å². The molecule has 0 saturated heterocycles. The van der Waals surface area contributed by atoms with Gasteiger partial charge in [0.05, 0.1) is 12.7 Å². The molecule has 0 radical (unpaired) electrons. The zero-order chi connectivity index (χ0) is 9.40. The molecule has 2 heteroatoms. The SMILES string of the molecule is C=CCCOC(C)CNC(C)C. The third kappa shape index (κ3) is 7.76. The van der Waals surface area contributed by atoms with Gasteiger partial charge in [0.1, 0.15) is 0 Å². The first-order valence-corrected chi connectivity index (χ1v) is 4.62. The lowest BCUT2D eigenvalue weighted by Gasteiger charge is -2.15. The molecule has 0 rings (SSSR count). The van der Waals surface area contributed by atoms with E-state index in [1.165, 1.54) is 0 Å². The van der Waals surface area contributed by atoms with Gasteiger partial charge in [0.15, 0.2) is 0 Å². The lowest BCUT2D eigenvalue weighted by Crippen LogP contribution is -2.32. The van der Waals surface area contributed by atoms with Crippen LogP contribution in [0.25, 0.3) is 0 Å². The summed E-state index contributed by atoms with van der Waals surface area (Å²) in [6, 6.07) is 0.537. The third-order valence-corrected chi connectivity index (χ3v) is 1.54. The van der Waals surface area contributed by atoms with Crippen LogP contribution in [0, 0.1) is 0 Å². The average Bonchev–Trinajstić information content (AvgIpc) is 2.01. The minimum Gasteiger partial charge on any atom is -0.377 e. The van der Waals surface area contributed by atoms with E-state index in [2.05, 4.69) is 32.7 Å². The Kier molecular flexibility index (Phi) is 7.11. The summed E-state index contributed by atoms with van der Waals surface area (Å²) in [6.07, 6.45) is 3.11. The summed E-state index contributed by atoms with van der Waals surface area (Å²) in [6.45, 7) is 11.7. The van der Waals surface area contributed by atoms with Gasteiger partial charge in [0.2, 0.25) is 0 Å². The molecule has 0 bridgehead atoms. The van der Waals surface area contributed by atoms with Gasteiger partial charge in [-0.1, -0.05) is 19.9 Å². The van der Waals surface area contributed by atoms with E-state index in [1.807, 2.05) is 6.08 Å². The van der Waals surface area contributed by atoms with E-state index in [1.54, 1.807) is 0 Å². The molecule has 0 spiro atoms. The number of ether oxygens (including phenoxy) is 1. The fourth-order valence-corrected chi connectivity index (χ4v) is 0.813. The van der Waals surface area contributed by atoms with Gasteiger partial charge in [-0.2, -0.15) is 0 Å². The Hall–Kier alpha value is -0.340. The van der Waals surface area contributed by atoms with Gasteiger partial charge in [0.25, 0.3) is 0 Å². The molecule has 2 nitrogen and oxygen atoms in total. The highest BCUT2D eigenvalue weighted by atomic mass is 16.5. The van der Waals surface area contributed by atoms with Gasteiger partial charge in [-0.3, -0.25) is 0 Å². The first-order valence-electron chi connectivity index (χ1n) is 4.62. The minimum absolute atomic E-state index is 0.298. The van der Waals surface area contributed by atoms with E-state index >= 15 is 0 Å². The summed E-state index contributed by atoms with van der Waals surface area (Å²) in [5.74, 6) is 0. The van der Waals surface area contributed by atoms with Crippen LogP contribution in [0.5, 0.6) is 0 Å². The van der Waals surface area contributed by atoms with Crippen LogP contribution in [0.1, 0.15) is 27.2 Å². The first-order chi connectivity index (χ1) is 5.66. The molecule has 0 heterocycles. The zero-order valence-electron chi connectivity index (χ0n) is 8.47. The Balaban J connectivity index is 3.21. The number of hydrogen-bond acceptors (Lipinski definition) is 2. The maximum atomic E-state index is 5.50. The fourth-order valence-electron chi connectivity index (χ4n) is 0.813. The Labute approximate surface area is 76.0 Å². The summed E-state index contributed by atoms with van der Waals surface area (Å²) in [4.78, 5) is 0. The molecule has 1 unspecified atom stereocenters. The van der Waals surface area contributed by atoms with Crippen molar-refractivity contribution < 1.29 is 4.74 Å². The Bertz CT molecular complexity index is 112. The van der Waals surface area contributed by atoms with E-state index in [9.17, 15) is 0 Å². The highest BCUT2D eigenvalue weighted by Gasteiger charge is 2.01. The topological polar surface area (TPSA) is 21.3 Å². The molecule has 1 atom stereocenters. The molecule has 0 aromatic rings. The second-order valence-electron chi connectivity index (χ2n) is 3.32. The summed E-state index contributed by atoms with van der Waals surface area (Å²) < 4.78 is 5.50. The Morgan fingerprint density at radius 3 is 2.58 bits per heavy atom. The van der Waals surface area contributed by atoms with E-state index in [-0.39, 0.29) is 0 Å². The average molecular weight is 171 g/mol. The number of nitrogens with one attached hydrogen (secondary N) is 1. The minimum atomic E-state index is 0.298. The third-order valence-electron chi connectivity index (χ3n) is 1.54. The number of rotatable bonds is 7. The Morgan fingerprint density at radius 2 is 2.08 bits per heavy atom. The molecular weight excluding hydrogens is 150 g/mol. The largest absolute Gasteiger partial charge is 0.377 e. The molecule has 0 fully saturated rings. The summed E-state index contributed by atoms with van der Waals surface area (Å²) >= 11 is 0. The molecule has 0 saturated carbocycles. The van der Waals surface area contributed by atoms with Crippen molar-refractivity contribution in [1.29, 1.82) is 0 Å². The van der Waals surface area contributed by atoms with Gasteiger partial charge in [-0.05, 0) is 13.3 Å². The maximum Gasteiger partial charge on any atom is 0.0671 e. The number of hydrogen-bond donors (Lipinski definition) is 1. The zero-order valence-corrected chi connectivity index (χ0v) is 8.47. The Morgan fingerprint density at radius 1 is 1.42 bits per heavy atom. The second kappa shape index (κ2) is 7.32. The predicted molar refractivity (Wildman–Crippen MR) is 53.4 cm³/mol. The molecule has 1 N–H and O–H groups in total. The molecule has 0 aliphatic heterocycles. The molecule has 12 heavy (non-hydrogen) atoms. The van der Waals surface area contributed by atoms with Crippen molar-refractivity contribution in [1.82, 2.24) is 5.32 Å². The molecule has 72 valence electrons. The summed E-state index contributed by atoms with van der Waals surface area (Å²) in [5.41, 5.74) is 0. The smallest absolute Gasteiger partial charge is 0.0671 e. The molecule has 0 aromatic heterocycles. The second-order valence-corrected chi connectivity index (χ2v) is 3.32. The maximum absolute atomic E-state index is 5.50. The van der Waals surface area contributed by atoms with Crippen molar-refractivity contribution in [3.63, 3.8) is 0 Å². The van der Waals surface area contributed by atoms with Gasteiger partial charge in [-0.15, -0.1) is 6.58 Å². The first kappa shape index (κ1) is 11.7. The summed E-state index contributed by atoms with van der Waals surface area (Å²) in [5, 5.41) is 3.32. The van der Waals surface area contributed by atoms with E-state index < -0.39 is 0 Å². The van der Waals surface area contributed by atoms with E-state index in [4.69, 9.17) is 4.74 Å². The molecule has 0 aliphatic carbocycles. The van der Waals surface area contributed by atoms with E-state index in [0.29, 0.717) is 12.1 Å². The molecular formula is C10H21NO. The monoisotopic (exact) mass is 171 g/mol. The van der Waals surface area contributed by atoms with Crippen LogP contribution < -0.4 is 5.32 Å². The van der Waals surface area contributed by atoms with Crippen LogP contribution in [-0.4, -0.2) is 25.3 Å². The van der Waals surface area contributed by atoms with Crippen LogP contribution in [0.2, 0.25) is 0 Å². The van der Waals surface area contributed by atoms with Crippen LogP contribution in [-0.2, 0) is 4.74 Å². The van der Waals surface area contributed by atoms with Crippen molar-refractivity contribution >= 4 is 0 Å². The van der Waals surface area contributed by atoms with Gasteiger partial charge in [-0.25, -0.2) is 0 Å². The van der Waals surface area contributed by atoms with Gasteiger partial charge in [0, 0.05) is 12.6 Å². The van der Waals surface area contributed by atoms with Crippen molar-refractivity contribution in [3.05, 3.63) is 12.7 Å². The van der Waals surface area contributed by atoms with Gasteiger partial charge < -0.3 is 10.1 Å². The van der Waals surface area contributed by atoms with Crippen molar-refractivity contribution in [2.24, 2.45) is 0 Å². The van der Waals surface area contributed by atoms with Crippen molar-refractivity contribution in [2.75, 3.05) is 13.2 Å². The molecule has 0 aliphatic rings. The standard InChI is InChI=1S/C10H21NO/c1-5-6-7-12-10(4)8-11-9(2)3/h5,9-11H,1,6-8H2,2-4H3. The fraction of sp³-hybridized carbons (Fsp3) is 0.800. The van der Waals surface area contributed by atoms with Crippen LogP contribution in [0.15, 0.2) is 12.7 Å². The molecule has 0 aromatic carbocycles. The lowest BCUT2D eigenvalue weighted by molar-refractivity contribution is 0.0680. The van der Waals surface area contributed by atoms with Crippen LogP contribution >= 0.6 is 0 Å². The van der Waals surface area contributed by atoms with Crippen LogP contribution in [0.4, 0.5) is 0 Å². The van der Waals surface area contributed by atoms with Gasteiger partial charge >= 0.3 is 0 Å². The highest BCUT2D eigenvalue weighted by molar-refractivity contribution is 4.66. The van der Waals surface area contributed by atoms with Crippen LogP contribution in [0.3, 0.4) is 0 Å². The summed E-state index contributed by atoms with van der Waals surface area (Å²) in [7, 11) is 0. The normalized spacial score (nSPS) is 13.3. The van der Waals surface area contributed by atoms with E-state index in [0.717, 1.165) is 19.6 Å². The predicted octanol–water partition coefficient (Wildman–Crippen LogP) is 1.97.